The van der Waals surface area contributed by atoms with Crippen molar-refractivity contribution in [3.05, 3.63) is 93.5 Å². The van der Waals surface area contributed by atoms with E-state index in [9.17, 15) is 14.9 Å². The second-order valence-corrected chi connectivity index (χ2v) is 7.85. The van der Waals surface area contributed by atoms with E-state index in [0.29, 0.717) is 33.9 Å². The fraction of sp³-hybridized carbons (Fsp3) is 0.269. The quantitative estimate of drug-likeness (QED) is 0.253. The first-order valence-electron chi connectivity index (χ1n) is 10.9. The third-order valence-electron chi connectivity index (χ3n) is 6.01. The van der Waals surface area contributed by atoms with Crippen molar-refractivity contribution in [2.45, 2.75) is 18.0 Å². The molecule has 0 bridgehead atoms. The fourth-order valence-electron chi connectivity index (χ4n) is 4.28. The lowest BCUT2D eigenvalue weighted by Gasteiger charge is -2.30. The number of carbonyl (C=O) groups excluding carboxylic acids is 1. The summed E-state index contributed by atoms with van der Waals surface area (Å²) in [5, 5.41) is 11.2. The van der Waals surface area contributed by atoms with Gasteiger partial charge < -0.3 is 28.4 Å². The number of hydrogen-bond donors (Lipinski definition) is 0. The number of nitrogens with zero attached hydrogens (tertiary/aromatic N) is 1. The van der Waals surface area contributed by atoms with Crippen LogP contribution < -0.4 is 14.2 Å². The van der Waals surface area contributed by atoms with Gasteiger partial charge in [0.1, 0.15) is 23.4 Å². The molecule has 3 aromatic rings. The largest absolute Gasteiger partial charge is 0.496 e. The molecule has 1 aliphatic heterocycles. The van der Waals surface area contributed by atoms with E-state index >= 15 is 0 Å². The summed E-state index contributed by atoms with van der Waals surface area (Å²) in [4.78, 5) is 24.2. The molecule has 0 N–H and O–H groups in total. The van der Waals surface area contributed by atoms with E-state index in [4.69, 9.17) is 28.4 Å². The van der Waals surface area contributed by atoms with Crippen molar-refractivity contribution < 1.29 is 38.1 Å². The van der Waals surface area contributed by atoms with E-state index in [2.05, 4.69) is 0 Å². The first-order chi connectivity index (χ1) is 17.4. The fourth-order valence-corrected chi connectivity index (χ4v) is 4.28. The predicted octanol–water partition coefficient (Wildman–Crippen LogP) is 4.48. The van der Waals surface area contributed by atoms with Crippen molar-refractivity contribution in [3.8, 4) is 17.2 Å². The molecule has 1 fully saturated rings. The molecule has 0 radical (unpaired) electrons. The normalized spacial score (nSPS) is 21.0. The van der Waals surface area contributed by atoms with Crippen LogP contribution in [0.5, 0.6) is 17.2 Å². The Morgan fingerprint density at radius 3 is 2.03 bits per heavy atom. The Hall–Kier alpha value is -4.15. The number of carbonyl (C=O) groups is 1. The number of esters is 1. The summed E-state index contributed by atoms with van der Waals surface area (Å²) in [5.74, 6) is 0.491. The molecule has 0 saturated carbocycles. The molecule has 36 heavy (non-hydrogen) atoms. The molecule has 1 heterocycles. The highest BCUT2D eigenvalue weighted by molar-refractivity contribution is 5.83. The highest BCUT2D eigenvalue weighted by Gasteiger charge is 2.59. The molecule has 188 valence electrons. The van der Waals surface area contributed by atoms with Crippen molar-refractivity contribution >= 4 is 11.7 Å². The smallest absolute Gasteiger partial charge is 0.346 e. The number of hydrogen-bond acceptors (Lipinski definition) is 9. The van der Waals surface area contributed by atoms with Crippen LogP contribution >= 0.6 is 0 Å². The average Bonchev–Trinajstić information content (AvgIpc) is 3.33. The van der Waals surface area contributed by atoms with E-state index in [0.717, 1.165) is 0 Å². The molecule has 1 aliphatic rings. The van der Waals surface area contributed by atoms with Crippen LogP contribution in [0.1, 0.15) is 29.1 Å². The van der Waals surface area contributed by atoms with Gasteiger partial charge in [0.2, 0.25) is 5.60 Å². The molecule has 3 aromatic carbocycles. The first-order valence-corrected chi connectivity index (χ1v) is 10.9. The van der Waals surface area contributed by atoms with E-state index in [1.165, 1.54) is 52.7 Å². The van der Waals surface area contributed by atoms with E-state index in [-0.39, 0.29) is 5.69 Å². The summed E-state index contributed by atoms with van der Waals surface area (Å²) in [6, 6.07) is 17.8. The Labute approximate surface area is 207 Å². The van der Waals surface area contributed by atoms with Crippen LogP contribution in [0.4, 0.5) is 5.69 Å². The van der Waals surface area contributed by atoms with Gasteiger partial charge in [0, 0.05) is 24.3 Å². The highest BCUT2D eigenvalue weighted by Crippen LogP contribution is 2.56. The molecule has 0 unspecified atom stereocenters. The molecule has 0 amide bonds. The highest BCUT2D eigenvalue weighted by atomic mass is 16.8. The van der Waals surface area contributed by atoms with Gasteiger partial charge in [-0.15, -0.1) is 0 Å². The molecule has 3 atom stereocenters. The van der Waals surface area contributed by atoms with Gasteiger partial charge in [-0.1, -0.05) is 30.3 Å². The monoisotopic (exact) mass is 495 g/mol. The van der Waals surface area contributed by atoms with Crippen molar-refractivity contribution in [1.82, 2.24) is 0 Å². The summed E-state index contributed by atoms with van der Waals surface area (Å²) >= 11 is 0. The topological polar surface area (TPSA) is 116 Å². The minimum atomic E-state index is -1.74. The number of nitro groups is 1. The van der Waals surface area contributed by atoms with E-state index in [1.807, 2.05) is 0 Å². The van der Waals surface area contributed by atoms with Crippen LogP contribution in [0.25, 0.3) is 0 Å². The molecule has 10 heteroatoms. The van der Waals surface area contributed by atoms with Crippen molar-refractivity contribution in [2.75, 3.05) is 28.4 Å². The Bertz CT molecular complexity index is 1220. The van der Waals surface area contributed by atoms with Gasteiger partial charge in [0.25, 0.3) is 5.69 Å². The Kier molecular flexibility index (Phi) is 7.09. The SMILES string of the molecule is COC(=O)[C@]1(c2ccccc2)O[C@@H](c2c(OC)cc(OC)cc2OC)O[C@@H]1c1ccc([N+](=O)[O-])cc1. The Balaban J connectivity index is 1.92. The van der Waals surface area contributed by atoms with Crippen LogP contribution in [0, 0.1) is 10.1 Å². The Morgan fingerprint density at radius 1 is 0.917 bits per heavy atom. The zero-order valence-corrected chi connectivity index (χ0v) is 20.1. The maximum absolute atomic E-state index is 13.5. The summed E-state index contributed by atoms with van der Waals surface area (Å²) in [6.45, 7) is 0. The standard InChI is InChI=1S/C26H25NO9/c1-31-19-14-20(32-2)22(21(15-19)33-3)24-35-23(16-10-12-18(13-11-16)27(29)30)26(36-24,25(28)34-4)17-8-6-5-7-9-17/h5-15,23-24H,1-4H3/t23-,24+,26-/m1/s1. The maximum atomic E-state index is 13.5. The van der Waals surface area contributed by atoms with Crippen LogP contribution in [0.2, 0.25) is 0 Å². The van der Waals surface area contributed by atoms with Crippen molar-refractivity contribution in [1.29, 1.82) is 0 Å². The molecule has 4 rings (SSSR count). The minimum Gasteiger partial charge on any atom is -0.496 e. The van der Waals surface area contributed by atoms with Crippen LogP contribution in [0.3, 0.4) is 0 Å². The van der Waals surface area contributed by atoms with Crippen LogP contribution in [0.15, 0.2) is 66.7 Å². The minimum absolute atomic E-state index is 0.101. The van der Waals surface area contributed by atoms with Gasteiger partial charge in [-0.25, -0.2) is 4.79 Å². The molecule has 10 nitrogen and oxygen atoms in total. The van der Waals surface area contributed by atoms with Gasteiger partial charge in [-0.05, 0) is 23.3 Å². The van der Waals surface area contributed by atoms with Gasteiger partial charge in [-0.3, -0.25) is 10.1 Å². The third kappa shape index (κ3) is 4.21. The van der Waals surface area contributed by atoms with Gasteiger partial charge in [0.05, 0.1) is 38.9 Å². The van der Waals surface area contributed by atoms with Gasteiger partial charge in [-0.2, -0.15) is 0 Å². The number of benzene rings is 3. The lowest BCUT2D eigenvalue weighted by molar-refractivity contribution is -0.384. The zero-order valence-electron chi connectivity index (χ0n) is 20.1. The number of ether oxygens (including phenoxy) is 6. The third-order valence-corrected chi connectivity index (χ3v) is 6.01. The molecule has 0 aliphatic carbocycles. The van der Waals surface area contributed by atoms with Crippen molar-refractivity contribution in [3.63, 3.8) is 0 Å². The molecular formula is C26H25NO9. The van der Waals surface area contributed by atoms with Gasteiger partial charge >= 0.3 is 5.97 Å². The van der Waals surface area contributed by atoms with Gasteiger partial charge in [0.15, 0.2) is 6.29 Å². The zero-order chi connectivity index (χ0) is 25.9. The molecule has 1 saturated heterocycles. The second kappa shape index (κ2) is 10.2. The van der Waals surface area contributed by atoms with Crippen LogP contribution in [-0.4, -0.2) is 39.3 Å². The predicted molar refractivity (Wildman–Crippen MR) is 127 cm³/mol. The molecular weight excluding hydrogens is 470 g/mol. The maximum Gasteiger partial charge on any atom is 0.346 e. The number of methoxy groups -OCH3 is 4. The van der Waals surface area contributed by atoms with Crippen molar-refractivity contribution in [2.24, 2.45) is 0 Å². The van der Waals surface area contributed by atoms with E-state index in [1.54, 1.807) is 42.5 Å². The summed E-state index contributed by atoms with van der Waals surface area (Å²) in [6.07, 6.45) is -2.17. The first kappa shape index (κ1) is 25.0. The number of rotatable bonds is 8. The Morgan fingerprint density at radius 2 is 1.53 bits per heavy atom. The van der Waals surface area contributed by atoms with Crippen LogP contribution in [-0.2, 0) is 24.6 Å². The number of nitro benzene ring substituents is 1. The average molecular weight is 495 g/mol. The summed E-state index contributed by atoms with van der Waals surface area (Å²) < 4.78 is 34.5. The molecule has 0 aromatic heterocycles. The lowest BCUT2D eigenvalue weighted by atomic mass is 9.84. The lowest BCUT2D eigenvalue weighted by Crippen LogP contribution is -2.41. The summed E-state index contributed by atoms with van der Waals surface area (Å²) in [5.41, 5.74) is -0.490. The summed E-state index contributed by atoms with van der Waals surface area (Å²) in [7, 11) is 5.72. The second-order valence-electron chi connectivity index (χ2n) is 7.85. The number of non-ortho nitro benzene ring substituents is 1. The van der Waals surface area contributed by atoms with E-state index < -0.39 is 28.9 Å². The molecule has 0 spiro atoms.